The van der Waals surface area contributed by atoms with Crippen molar-refractivity contribution in [3.05, 3.63) is 29.3 Å². The van der Waals surface area contributed by atoms with Crippen molar-refractivity contribution in [2.24, 2.45) is 0 Å². The smallest absolute Gasteiger partial charge is 0.0379 e. The highest BCUT2D eigenvalue weighted by Crippen LogP contribution is 2.19. The van der Waals surface area contributed by atoms with Crippen LogP contribution in [0.15, 0.2) is 18.2 Å². The third-order valence-corrected chi connectivity index (χ3v) is 2.19. The first kappa shape index (κ1) is 9.11. The maximum Gasteiger partial charge on any atom is 0.0379 e. The van der Waals surface area contributed by atoms with Crippen molar-refractivity contribution in [1.82, 2.24) is 0 Å². The molecule has 0 amide bonds. The first-order valence-corrected chi connectivity index (χ1v) is 4.65. The van der Waals surface area contributed by atoms with E-state index in [1.165, 1.54) is 11.1 Å². The molecule has 66 valence electrons. The lowest BCUT2D eigenvalue weighted by atomic mass is 10.0. The molecule has 1 nitrogen and oxygen atoms in total. The Labute approximate surface area is 74.6 Å². The molecule has 0 atom stereocenters. The lowest BCUT2D eigenvalue weighted by molar-refractivity contribution is 0.920. The standard InChI is InChI=1S/C11H17N/c1-3-6-10-8-5-7-9(4-2)11(10)12/h5,7-8H,3-4,6,12H2,1-2H3. The van der Waals surface area contributed by atoms with E-state index in [0.717, 1.165) is 24.9 Å². The van der Waals surface area contributed by atoms with Gasteiger partial charge in [-0.05, 0) is 24.0 Å². The van der Waals surface area contributed by atoms with Gasteiger partial charge in [-0.15, -0.1) is 0 Å². The minimum atomic E-state index is 1.00. The summed E-state index contributed by atoms with van der Waals surface area (Å²) in [6.45, 7) is 4.32. The van der Waals surface area contributed by atoms with Crippen LogP contribution in [0.2, 0.25) is 0 Å². The molecule has 0 aliphatic rings. The largest absolute Gasteiger partial charge is 0.398 e. The highest BCUT2D eigenvalue weighted by atomic mass is 14.6. The van der Waals surface area contributed by atoms with Gasteiger partial charge in [-0.3, -0.25) is 0 Å². The first-order chi connectivity index (χ1) is 5.79. The van der Waals surface area contributed by atoms with Gasteiger partial charge in [0.15, 0.2) is 0 Å². The fourth-order valence-electron chi connectivity index (χ4n) is 1.46. The van der Waals surface area contributed by atoms with E-state index in [9.17, 15) is 0 Å². The molecule has 12 heavy (non-hydrogen) atoms. The zero-order chi connectivity index (χ0) is 8.97. The van der Waals surface area contributed by atoms with E-state index in [2.05, 4.69) is 32.0 Å². The molecule has 1 rings (SSSR count). The van der Waals surface area contributed by atoms with Crippen molar-refractivity contribution < 1.29 is 0 Å². The Morgan fingerprint density at radius 2 is 1.83 bits per heavy atom. The van der Waals surface area contributed by atoms with Gasteiger partial charge in [0.2, 0.25) is 0 Å². The van der Waals surface area contributed by atoms with E-state index in [1.807, 2.05) is 0 Å². The van der Waals surface area contributed by atoms with Crippen LogP contribution in [0, 0.1) is 0 Å². The first-order valence-electron chi connectivity index (χ1n) is 4.65. The Morgan fingerprint density at radius 3 is 2.42 bits per heavy atom. The summed E-state index contributed by atoms with van der Waals surface area (Å²) >= 11 is 0. The summed E-state index contributed by atoms with van der Waals surface area (Å²) in [5.74, 6) is 0. The number of hydrogen-bond acceptors (Lipinski definition) is 1. The normalized spacial score (nSPS) is 10.2. The second kappa shape index (κ2) is 4.15. The van der Waals surface area contributed by atoms with Gasteiger partial charge in [-0.25, -0.2) is 0 Å². The average molecular weight is 163 g/mol. The Kier molecular flexibility index (Phi) is 3.15. The van der Waals surface area contributed by atoms with E-state index in [0.29, 0.717) is 0 Å². The zero-order valence-electron chi connectivity index (χ0n) is 7.93. The van der Waals surface area contributed by atoms with Crippen LogP contribution in [0.4, 0.5) is 5.69 Å². The molecule has 0 heterocycles. The van der Waals surface area contributed by atoms with Gasteiger partial charge in [0, 0.05) is 5.69 Å². The monoisotopic (exact) mass is 163 g/mol. The zero-order valence-corrected chi connectivity index (χ0v) is 7.93. The van der Waals surface area contributed by atoms with Crippen LogP contribution in [0.5, 0.6) is 0 Å². The second-order valence-corrected chi connectivity index (χ2v) is 3.09. The van der Waals surface area contributed by atoms with Gasteiger partial charge >= 0.3 is 0 Å². The summed E-state index contributed by atoms with van der Waals surface area (Å²) in [5, 5.41) is 0. The molecule has 1 heteroatoms. The highest BCUT2D eigenvalue weighted by Gasteiger charge is 2.01. The van der Waals surface area contributed by atoms with Crippen LogP contribution in [-0.2, 0) is 12.8 Å². The molecular formula is C11H17N. The molecule has 0 fully saturated rings. The Hall–Kier alpha value is -0.980. The molecule has 0 aromatic heterocycles. The summed E-state index contributed by atoms with van der Waals surface area (Å²) in [7, 11) is 0. The van der Waals surface area contributed by atoms with E-state index in [1.54, 1.807) is 0 Å². The minimum absolute atomic E-state index is 1.00. The number of hydrogen-bond donors (Lipinski definition) is 1. The van der Waals surface area contributed by atoms with Crippen LogP contribution in [0.3, 0.4) is 0 Å². The molecule has 2 N–H and O–H groups in total. The van der Waals surface area contributed by atoms with Crippen molar-refractivity contribution in [3.8, 4) is 0 Å². The minimum Gasteiger partial charge on any atom is -0.398 e. The van der Waals surface area contributed by atoms with Gasteiger partial charge < -0.3 is 5.73 Å². The van der Waals surface area contributed by atoms with E-state index in [-0.39, 0.29) is 0 Å². The Bertz CT molecular complexity index is 253. The molecule has 0 saturated heterocycles. The quantitative estimate of drug-likeness (QED) is 0.681. The molecule has 0 aliphatic carbocycles. The molecule has 0 saturated carbocycles. The molecule has 1 aromatic rings. The maximum absolute atomic E-state index is 5.98. The van der Waals surface area contributed by atoms with Crippen molar-refractivity contribution in [1.29, 1.82) is 0 Å². The molecule has 0 spiro atoms. The highest BCUT2D eigenvalue weighted by molar-refractivity contribution is 5.53. The predicted molar refractivity (Wildman–Crippen MR) is 54.2 cm³/mol. The number of nitrogens with two attached hydrogens (primary N) is 1. The summed E-state index contributed by atoms with van der Waals surface area (Å²) in [6, 6.07) is 6.33. The number of anilines is 1. The lowest BCUT2D eigenvalue weighted by Gasteiger charge is -2.07. The molecule has 0 bridgehead atoms. The van der Waals surface area contributed by atoms with Crippen molar-refractivity contribution in [2.45, 2.75) is 33.1 Å². The molecule has 0 aliphatic heterocycles. The van der Waals surface area contributed by atoms with Crippen molar-refractivity contribution in [3.63, 3.8) is 0 Å². The molecule has 0 radical (unpaired) electrons. The molecule has 1 aromatic carbocycles. The topological polar surface area (TPSA) is 26.0 Å². The van der Waals surface area contributed by atoms with Gasteiger partial charge in [0.05, 0.1) is 0 Å². The van der Waals surface area contributed by atoms with E-state index < -0.39 is 0 Å². The fraction of sp³-hybridized carbons (Fsp3) is 0.455. The van der Waals surface area contributed by atoms with Gasteiger partial charge in [0.1, 0.15) is 0 Å². The van der Waals surface area contributed by atoms with E-state index >= 15 is 0 Å². The van der Waals surface area contributed by atoms with Crippen molar-refractivity contribution in [2.75, 3.05) is 5.73 Å². The third kappa shape index (κ3) is 1.79. The van der Waals surface area contributed by atoms with E-state index in [4.69, 9.17) is 5.73 Å². The maximum atomic E-state index is 5.98. The number of aryl methyl sites for hydroxylation is 2. The number of para-hydroxylation sites is 1. The number of nitrogen functional groups attached to an aromatic ring is 1. The van der Waals surface area contributed by atoms with Crippen molar-refractivity contribution >= 4 is 5.69 Å². The van der Waals surface area contributed by atoms with Crippen LogP contribution >= 0.6 is 0 Å². The van der Waals surface area contributed by atoms with Crippen LogP contribution in [0.1, 0.15) is 31.4 Å². The van der Waals surface area contributed by atoms with Gasteiger partial charge in [-0.2, -0.15) is 0 Å². The van der Waals surface area contributed by atoms with Gasteiger partial charge in [-0.1, -0.05) is 38.5 Å². The lowest BCUT2D eigenvalue weighted by Crippen LogP contribution is -1.98. The van der Waals surface area contributed by atoms with Crippen LogP contribution in [0.25, 0.3) is 0 Å². The average Bonchev–Trinajstić information content (AvgIpc) is 2.09. The van der Waals surface area contributed by atoms with Crippen LogP contribution < -0.4 is 5.73 Å². The SMILES string of the molecule is CCCc1cccc(CC)c1N. The molecule has 0 unspecified atom stereocenters. The Balaban J connectivity index is 2.97. The summed E-state index contributed by atoms with van der Waals surface area (Å²) in [6.07, 6.45) is 3.29. The summed E-state index contributed by atoms with van der Waals surface area (Å²) in [5.41, 5.74) is 9.56. The number of rotatable bonds is 3. The molecular weight excluding hydrogens is 146 g/mol. The predicted octanol–water partition coefficient (Wildman–Crippen LogP) is 2.78. The van der Waals surface area contributed by atoms with Gasteiger partial charge in [0.25, 0.3) is 0 Å². The second-order valence-electron chi connectivity index (χ2n) is 3.09. The fourth-order valence-corrected chi connectivity index (χ4v) is 1.46. The summed E-state index contributed by atoms with van der Waals surface area (Å²) < 4.78 is 0. The van der Waals surface area contributed by atoms with Crippen LogP contribution in [-0.4, -0.2) is 0 Å². The Morgan fingerprint density at radius 1 is 1.17 bits per heavy atom. The third-order valence-electron chi connectivity index (χ3n) is 2.19. The summed E-state index contributed by atoms with van der Waals surface area (Å²) in [4.78, 5) is 0. The number of benzene rings is 1.